The minimum absolute atomic E-state index is 0.0310. The lowest BCUT2D eigenvalue weighted by Crippen LogP contribution is -2.17. The van der Waals surface area contributed by atoms with Crippen molar-refractivity contribution in [3.8, 4) is 0 Å². The van der Waals surface area contributed by atoms with Crippen LogP contribution in [-0.2, 0) is 15.8 Å². The van der Waals surface area contributed by atoms with Gasteiger partial charge in [-0.25, -0.2) is 0 Å². The zero-order valence-corrected chi connectivity index (χ0v) is 14.3. The Labute approximate surface area is 150 Å². The molecule has 138 valence electrons. The second-order valence-electron chi connectivity index (χ2n) is 5.89. The highest BCUT2D eigenvalue weighted by molar-refractivity contribution is 7.15. The molecule has 2 N–H and O–H groups in total. The van der Waals surface area contributed by atoms with Crippen molar-refractivity contribution in [3.63, 3.8) is 0 Å². The predicted octanol–water partition coefficient (Wildman–Crippen LogP) is 3.79. The van der Waals surface area contributed by atoms with Gasteiger partial charge >= 0.3 is 6.18 Å². The highest BCUT2D eigenvalue weighted by Gasteiger charge is 2.30. The van der Waals surface area contributed by atoms with Crippen LogP contribution < -0.4 is 10.6 Å². The molecule has 0 aliphatic heterocycles. The third-order valence-electron chi connectivity index (χ3n) is 3.67. The van der Waals surface area contributed by atoms with Crippen LogP contribution in [0.1, 0.15) is 42.2 Å². The largest absolute Gasteiger partial charge is 0.416 e. The maximum atomic E-state index is 12.6. The lowest BCUT2D eigenvalue weighted by Gasteiger charge is -2.09. The van der Waals surface area contributed by atoms with E-state index in [-0.39, 0.29) is 18.5 Å². The molecule has 0 saturated heterocycles. The van der Waals surface area contributed by atoms with E-state index in [2.05, 4.69) is 20.8 Å². The zero-order valence-electron chi connectivity index (χ0n) is 13.5. The number of hydrogen-bond acceptors (Lipinski definition) is 5. The average molecular weight is 384 g/mol. The maximum absolute atomic E-state index is 12.6. The first-order chi connectivity index (χ1) is 12.3. The van der Waals surface area contributed by atoms with Crippen LogP contribution in [0.3, 0.4) is 0 Å². The minimum Gasteiger partial charge on any atom is -0.326 e. The van der Waals surface area contributed by atoms with Gasteiger partial charge in [0.2, 0.25) is 16.9 Å². The van der Waals surface area contributed by atoms with Crippen LogP contribution in [0.25, 0.3) is 0 Å². The third-order valence-corrected chi connectivity index (χ3v) is 4.67. The van der Waals surface area contributed by atoms with Crippen LogP contribution in [0.5, 0.6) is 0 Å². The lowest BCUT2D eigenvalue weighted by molar-refractivity contribution is -0.137. The van der Waals surface area contributed by atoms with Gasteiger partial charge in [-0.05, 0) is 31.0 Å². The standard InChI is InChI=1S/C16H15F3N4O2S/c17-16(18,19)10-2-1-3-11(8-10)20-12(24)6-7-13(25)21-15-23-22-14(26-15)9-4-5-9/h1-3,8-9H,4-7H2,(H,20,24)(H,21,23,25). The number of amides is 2. The fraction of sp³-hybridized carbons (Fsp3) is 0.375. The van der Waals surface area contributed by atoms with Gasteiger partial charge in [0.25, 0.3) is 0 Å². The first-order valence-corrected chi connectivity index (χ1v) is 8.73. The van der Waals surface area contributed by atoms with Gasteiger partial charge in [0, 0.05) is 24.4 Å². The SMILES string of the molecule is O=C(CCC(=O)Nc1nnc(C2CC2)s1)Nc1cccc(C(F)(F)F)c1. The molecule has 26 heavy (non-hydrogen) atoms. The van der Waals surface area contributed by atoms with Crippen molar-refractivity contribution >= 4 is 34.0 Å². The Morgan fingerprint density at radius 2 is 1.81 bits per heavy atom. The smallest absolute Gasteiger partial charge is 0.326 e. The molecule has 1 aliphatic carbocycles. The Morgan fingerprint density at radius 1 is 1.12 bits per heavy atom. The van der Waals surface area contributed by atoms with E-state index in [9.17, 15) is 22.8 Å². The summed E-state index contributed by atoms with van der Waals surface area (Å²) in [5.74, 6) is -0.505. The van der Waals surface area contributed by atoms with E-state index in [0.29, 0.717) is 11.0 Å². The summed E-state index contributed by atoms with van der Waals surface area (Å²) in [4.78, 5) is 23.7. The molecule has 0 atom stereocenters. The highest BCUT2D eigenvalue weighted by Crippen LogP contribution is 2.42. The summed E-state index contributed by atoms with van der Waals surface area (Å²) in [6, 6.07) is 4.32. The molecule has 3 rings (SSSR count). The van der Waals surface area contributed by atoms with Crippen molar-refractivity contribution in [3.05, 3.63) is 34.8 Å². The number of nitrogens with zero attached hydrogens (tertiary/aromatic N) is 2. The monoisotopic (exact) mass is 384 g/mol. The number of benzene rings is 1. The van der Waals surface area contributed by atoms with Gasteiger partial charge in [-0.1, -0.05) is 17.4 Å². The molecule has 0 bridgehead atoms. The topological polar surface area (TPSA) is 84.0 Å². The molecule has 2 amide bonds. The van der Waals surface area contributed by atoms with Crippen molar-refractivity contribution in [2.24, 2.45) is 0 Å². The molecule has 0 unspecified atom stereocenters. The number of nitrogens with one attached hydrogen (secondary N) is 2. The summed E-state index contributed by atoms with van der Waals surface area (Å²) in [5, 5.41) is 14.1. The minimum atomic E-state index is -4.48. The quantitative estimate of drug-likeness (QED) is 0.794. The van der Waals surface area contributed by atoms with Crippen molar-refractivity contribution in [2.75, 3.05) is 10.6 Å². The number of aromatic nitrogens is 2. The summed E-state index contributed by atoms with van der Waals surface area (Å²) in [7, 11) is 0. The summed E-state index contributed by atoms with van der Waals surface area (Å²) < 4.78 is 37.9. The van der Waals surface area contributed by atoms with E-state index in [1.807, 2.05) is 0 Å². The maximum Gasteiger partial charge on any atom is 0.416 e. The predicted molar refractivity (Wildman–Crippen MR) is 89.8 cm³/mol. The summed E-state index contributed by atoms with van der Waals surface area (Å²) in [5.41, 5.74) is -0.820. The first kappa shape index (κ1) is 18.3. The van der Waals surface area contributed by atoms with E-state index >= 15 is 0 Å². The van der Waals surface area contributed by atoms with Crippen LogP contribution in [0, 0.1) is 0 Å². The molecule has 6 nitrogen and oxygen atoms in total. The Balaban J connectivity index is 1.46. The van der Waals surface area contributed by atoms with Gasteiger partial charge in [0.05, 0.1) is 5.56 Å². The van der Waals surface area contributed by atoms with E-state index in [4.69, 9.17) is 0 Å². The highest BCUT2D eigenvalue weighted by atomic mass is 32.1. The van der Waals surface area contributed by atoms with Gasteiger partial charge in [-0.15, -0.1) is 10.2 Å². The van der Waals surface area contributed by atoms with Gasteiger partial charge in [0.15, 0.2) is 0 Å². The van der Waals surface area contributed by atoms with Crippen LogP contribution in [0.4, 0.5) is 24.0 Å². The van der Waals surface area contributed by atoms with Crippen molar-refractivity contribution in [1.29, 1.82) is 0 Å². The summed E-state index contributed by atoms with van der Waals surface area (Å²) >= 11 is 1.31. The number of carbonyl (C=O) groups is 2. The van der Waals surface area contributed by atoms with Gasteiger partial charge in [0.1, 0.15) is 5.01 Å². The van der Waals surface area contributed by atoms with E-state index < -0.39 is 23.6 Å². The van der Waals surface area contributed by atoms with Crippen molar-refractivity contribution < 1.29 is 22.8 Å². The van der Waals surface area contributed by atoms with Gasteiger partial charge < -0.3 is 10.6 Å². The zero-order chi connectivity index (χ0) is 18.7. The third kappa shape index (κ3) is 5.01. The molecule has 1 saturated carbocycles. The summed E-state index contributed by atoms with van der Waals surface area (Å²) in [6.45, 7) is 0. The second-order valence-corrected chi connectivity index (χ2v) is 6.90. The van der Waals surface area contributed by atoms with Crippen LogP contribution in [0.2, 0.25) is 0 Å². The number of alkyl halides is 3. The van der Waals surface area contributed by atoms with Crippen LogP contribution >= 0.6 is 11.3 Å². The van der Waals surface area contributed by atoms with Gasteiger partial charge in [-0.3, -0.25) is 9.59 Å². The molecule has 1 aromatic carbocycles. The number of hydrogen-bond donors (Lipinski definition) is 2. The van der Waals surface area contributed by atoms with Crippen molar-refractivity contribution in [1.82, 2.24) is 10.2 Å². The van der Waals surface area contributed by atoms with Gasteiger partial charge in [-0.2, -0.15) is 13.2 Å². The molecule has 10 heteroatoms. The summed E-state index contributed by atoms with van der Waals surface area (Å²) in [6.07, 6.45) is -2.59. The van der Waals surface area contributed by atoms with Crippen LogP contribution in [-0.4, -0.2) is 22.0 Å². The molecule has 0 radical (unpaired) electrons. The number of carbonyl (C=O) groups excluding carboxylic acids is 2. The molecule has 2 aromatic rings. The Kier molecular flexibility index (Phi) is 5.21. The van der Waals surface area contributed by atoms with E-state index in [1.165, 1.54) is 23.5 Å². The normalized spacial score (nSPS) is 14.1. The number of rotatable bonds is 6. The molecular formula is C16H15F3N4O2S. The molecule has 1 fully saturated rings. The van der Waals surface area contributed by atoms with E-state index in [0.717, 1.165) is 30.0 Å². The fourth-order valence-electron chi connectivity index (χ4n) is 2.19. The number of halogens is 3. The average Bonchev–Trinajstić information content (AvgIpc) is 3.33. The molecule has 1 heterocycles. The van der Waals surface area contributed by atoms with E-state index in [1.54, 1.807) is 0 Å². The molecular weight excluding hydrogens is 369 g/mol. The second kappa shape index (κ2) is 7.40. The molecule has 0 spiro atoms. The Hall–Kier alpha value is -2.49. The van der Waals surface area contributed by atoms with Crippen molar-refractivity contribution in [2.45, 2.75) is 37.8 Å². The van der Waals surface area contributed by atoms with Crippen LogP contribution in [0.15, 0.2) is 24.3 Å². The molecule has 1 aromatic heterocycles. The number of anilines is 2. The lowest BCUT2D eigenvalue weighted by atomic mass is 10.2. The molecule has 1 aliphatic rings. The fourth-order valence-corrected chi connectivity index (χ4v) is 3.11. The first-order valence-electron chi connectivity index (χ1n) is 7.91. The Morgan fingerprint density at radius 3 is 2.46 bits per heavy atom. The Bertz CT molecular complexity index is 818.